The molecule has 2 aromatic rings. The Kier molecular flexibility index (Phi) is 6.61. The van der Waals surface area contributed by atoms with Crippen LogP contribution in [0.25, 0.3) is 0 Å². The Bertz CT molecular complexity index is 824. The summed E-state index contributed by atoms with van der Waals surface area (Å²) in [5, 5.41) is 14.9. The molecule has 0 spiro atoms. The number of benzene rings is 2. The number of ether oxygens (including phenoxy) is 1. The largest absolute Gasteiger partial charge is 0.497 e. The lowest BCUT2D eigenvalue weighted by Crippen LogP contribution is -2.24. The number of nitrogens with one attached hydrogen (secondary N) is 2. The number of hydrogen-bond acceptors (Lipinski definition) is 4. The first-order valence-corrected chi connectivity index (χ1v) is 8.37. The van der Waals surface area contributed by atoms with Crippen molar-refractivity contribution in [1.29, 1.82) is 5.26 Å². The number of aryl methyl sites for hydroxylation is 1. The molecule has 0 aliphatic rings. The number of amides is 1. The first kappa shape index (κ1) is 18.6. The average Bonchev–Trinajstić information content (AvgIpc) is 2.62. The Labute approximate surface area is 155 Å². The van der Waals surface area contributed by atoms with Crippen molar-refractivity contribution in [2.75, 3.05) is 12.4 Å². The van der Waals surface area contributed by atoms with Crippen molar-refractivity contribution in [3.63, 3.8) is 0 Å². The maximum absolute atomic E-state index is 12.2. The highest BCUT2D eigenvalue weighted by Gasteiger charge is 2.09. The summed E-state index contributed by atoms with van der Waals surface area (Å²) in [6.45, 7) is 2.31. The first-order valence-electron chi connectivity index (χ1n) is 7.57. The summed E-state index contributed by atoms with van der Waals surface area (Å²) in [5.41, 5.74) is 2.81. The van der Waals surface area contributed by atoms with Crippen molar-refractivity contribution in [2.45, 2.75) is 13.5 Å². The Morgan fingerprint density at radius 2 is 2.00 bits per heavy atom. The standard InChI is InChI=1S/C19H18BrN3O2/c1-13-3-8-18(17(20)9-13)22-12-15(10-21)19(24)23-11-14-4-6-16(25-2)7-5-14/h3-9,12,22H,11H2,1-2H3,(H,23,24)/b15-12-. The number of rotatable bonds is 6. The lowest BCUT2D eigenvalue weighted by molar-refractivity contribution is -0.117. The van der Waals surface area contributed by atoms with Gasteiger partial charge in [0.25, 0.3) is 5.91 Å². The molecule has 6 heteroatoms. The Morgan fingerprint density at radius 3 is 2.60 bits per heavy atom. The summed E-state index contributed by atoms with van der Waals surface area (Å²) in [4.78, 5) is 12.2. The summed E-state index contributed by atoms with van der Waals surface area (Å²) < 4.78 is 5.95. The Hall–Kier alpha value is -2.78. The third-order valence-corrected chi connectivity index (χ3v) is 4.13. The predicted octanol–water partition coefficient (Wildman–Crippen LogP) is 3.90. The van der Waals surface area contributed by atoms with E-state index in [1.807, 2.05) is 55.5 Å². The van der Waals surface area contributed by atoms with Gasteiger partial charge in [-0.2, -0.15) is 5.26 Å². The van der Waals surface area contributed by atoms with Gasteiger partial charge in [0, 0.05) is 17.2 Å². The minimum absolute atomic E-state index is 0.000914. The van der Waals surface area contributed by atoms with Gasteiger partial charge in [-0.25, -0.2) is 0 Å². The van der Waals surface area contributed by atoms with E-state index >= 15 is 0 Å². The van der Waals surface area contributed by atoms with Crippen molar-refractivity contribution in [2.24, 2.45) is 0 Å². The second-order valence-corrected chi connectivity index (χ2v) is 6.18. The smallest absolute Gasteiger partial charge is 0.263 e. The topological polar surface area (TPSA) is 74.1 Å². The molecule has 0 unspecified atom stereocenters. The summed E-state index contributed by atoms with van der Waals surface area (Å²) in [6.07, 6.45) is 1.40. The van der Waals surface area contributed by atoms with Crippen LogP contribution in [-0.4, -0.2) is 13.0 Å². The summed E-state index contributed by atoms with van der Waals surface area (Å²) in [5.74, 6) is 0.314. The average molecular weight is 400 g/mol. The van der Waals surface area contributed by atoms with Crippen LogP contribution >= 0.6 is 15.9 Å². The lowest BCUT2D eigenvalue weighted by atomic mass is 10.2. The van der Waals surface area contributed by atoms with Crippen molar-refractivity contribution < 1.29 is 9.53 Å². The van der Waals surface area contributed by atoms with Crippen LogP contribution in [0.2, 0.25) is 0 Å². The van der Waals surface area contributed by atoms with E-state index in [1.54, 1.807) is 7.11 Å². The minimum atomic E-state index is -0.436. The molecule has 0 atom stereocenters. The molecule has 2 N–H and O–H groups in total. The molecule has 25 heavy (non-hydrogen) atoms. The lowest BCUT2D eigenvalue weighted by Gasteiger charge is -2.07. The molecular formula is C19H18BrN3O2. The van der Waals surface area contributed by atoms with E-state index in [2.05, 4.69) is 26.6 Å². The fraction of sp³-hybridized carbons (Fsp3) is 0.158. The van der Waals surface area contributed by atoms with Gasteiger partial charge in [-0.1, -0.05) is 18.2 Å². The highest BCUT2D eigenvalue weighted by molar-refractivity contribution is 9.10. The van der Waals surface area contributed by atoms with Crippen LogP contribution in [0.3, 0.4) is 0 Å². The van der Waals surface area contributed by atoms with Gasteiger partial charge in [0.05, 0.1) is 12.8 Å². The Morgan fingerprint density at radius 1 is 1.28 bits per heavy atom. The van der Waals surface area contributed by atoms with Crippen molar-refractivity contribution in [3.8, 4) is 11.8 Å². The van der Waals surface area contributed by atoms with Gasteiger partial charge in [0.15, 0.2) is 0 Å². The molecule has 0 bridgehead atoms. The number of hydrogen-bond donors (Lipinski definition) is 2. The maximum Gasteiger partial charge on any atom is 0.263 e. The quantitative estimate of drug-likeness (QED) is 0.570. The zero-order valence-electron chi connectivity index (χ0n) is 14.0. The second-order valence-electron chi connectivity index (χ2n) is 5.33. The highest BCUT2D eigenvalue weighted by Crippen LogP contribution is 2.23. The van der Waals surface area contributed by atoms with Gasteiger partial charge in [-0.15, -0.1) is 0 Å². The fourth-order valence-corrected chi connectivity index (χ4v) is 2.66. The minimum Gasteiger partial charge on any atom is -0.497 e. The number of methoxy groups -OCH3 is 1. The molecule has 0 radical (unpaired) electrons. The van der Waals surface area contributed by atoms with Gasteiger partial charge in [-0.05, 0) is 58.2 Å². The number of carbonyl (C=O) groups excluding carboxylic acids is 1. The number of carbonyl (C=O) groups is 1. The van der Waals surface area contributed by atoms with Crippen LogP contribution in [0.5, 0.6) is 5.75 Å². The van der Waals surface area contributed by atoms with E-state index in [4.69, 9.17) is 4.74 Å². The van der Waals surface area contributed by atoms with E-state index in [0.29, 0.717) is 6.54 Å². The number of halogens is 1. The molecule has 0 heterocycles. The van der Waals surface area contributed by atoms with Crippen LogP contribution in [0, 0.1) is 18.3 Å². The van der Waals surface area contributed by atoms with E-state index < -0.39 is 5.91 Å². The van der Waals surface area contributed by atoms with E-state index in [9.17, 15) is 10.1 Å². The third kappa shape index (κ3) is 5.37. The van der Waals surface area contributed by atoms with Gasteiger partial charge in [0.1, 0.15) is 17.4 Å². The van der Waals surface area contributed by atoms with Gasteiger partial charge >= 0.3 is 0 Å². The highest BCUT2D eigenvalue weighted by atomic mass is 79.9. The van der Waals surface area contributed by atoms with Crippen LogP contribution in [0.15, 0.2) is 58.7 Å². The van der Waals surface area contributed by atoms with E-state index in [0.717, 1.165) is 27.0 Å². The van der Waals surface area contributed by atoms with Crippen molar-refractivity contribution in [3.05, 3.63) is 69.8 Å². The molecule has 2 aromatic carbocycles. The number of nitrogens with zero attached hydrogens (tertiary/aromatic N) is 1. The third-order valence-electron chi connectivity index (χ3n) is 3.47. The molecule has 128 valence electrons. The van der Waals surface area contributed by atoms with Crippen LogP contribution in [0.1, 0.15) is 11.1 Å². The Balaban J connectivity index is 1.98. The number of nitriles is 1. The van der Waals surface area contributed by atoms with Crippen molar-refractivity contribution >= 4 is 27.5 Å². The maximum atomic E-state index is 12.2. The normalized spacial score (nSPS) is 10.7. The van der Waals surface area contributed by atoms with Gasteiger partial charge in [-0.3, -0.25) is 4.79 Å². The fourth-order valence-electron chi connectivity index (χ4n) is 2.06. The molecule has 1 amide bonds. The molecule has 0 aliphatic carbocycles. The molecule has 0 aliphatic heterocycles. The monoisotopic (exact) mass is 399 g/mol. The zero-order valence-corrected chi connectivity index (χ0v) is 15.6. The number of anilines is 1. The molecule has 0 aromatic heterocycles. The van der Waals surface area contributed by atoms with Crippen LogP contribution in [0.4, 0.5) is 5.69 Å². The molecule has 5 nitrogen and oxygen atoms in total. The SMILES string of the molecule is COc1ccc(CNC(=O)/C(C#N)=C\Nc2ccc(C)cc2Br)cc1. The summed E-state index contributed by atoms with van der Waals surface area (Å²) in [6, 6.07) is 15.0. The predicted molar refractivity (Wildman–Crippen MR) is 101 cm³/mol. The molecule has 0 saturated heterocycles. The molecule has 2 rings (SSSR count). The van der Waals surface area contributed by atoms with Crippen LogP contribution < -0.4 is 15.4 Å². The molecule has 0 fully saturated rings. The van der Waals surface area contributed by atoms with Gasteiger partial charge < -0.3 is 15.4 Å². The first-order chi connectivity index (χ1) is 12.0. The van der Waals surface area contributed by atoms with E-state index in [-0.39, 0.29) is 5.57 Å². The molecular weight excluding hydrogens is 382 g/mol. The zero-order chi connectivity index (χ0) is 18.2. The van der Waals surface area contributed by atoms with Crippen LogP contribution in [-0.2, 0) is 11.3 Å². The second kappa shape index (κ2) is 8.90. The summed E-state index contributed by atoms with van der Waals surface area (Å²) >= 11 is 3.44. The van der Waals surface area contributed by atoms with Crippen molar-refractivity contribution in [1.82, 2.24) is 5.32 Å². The summed E-state index contributed by atoms with van der Waals surface area (Å²) in [7, 11) is 1.60. The van der Waals surface area contributed by atoms with E-state index in [1.165, 1.54) is 6.20 Å². The van der Waals surface area contributed by atoms with Gasteiger partial charge in [0.2, 0.25) is 0 Å². The molecule has 0 saturated carbocycles.